The molecule has 0 heterocycles. The Morgan fingerprint density at radius 1 is 0.920 bits per heavy atom. The second kappa shape index (κ2) is 7.99. The highest BCUT2D eigenvalue weighted by molar-refractivity contribution is 7.92. The van der Waals surface area contributed by atoms with E-state index in [4.69, 9.17) is 0 Å². The SMILES string of the molecule is CCc1ccccc1N(CCNS(=O)(=O)c1ccccc1)S(C)(=O)=O. The molecule has 136 valence electrons. The van der Waals surface area contributed by atoms with E-state index in [0.29, 0.717) is 12.1 Å². The monoisotopic (exact) mass is 382 g/mol. The molecule has 0 amide bonds. The highest BCUT2D eigenvalue weighted by Crippen LogP contribution is 2.23. The van der Waals surface area contributed by atoms with Crippen LogP contribution in [0.2, 0.25) is 0 Å². The van der Waals surface area contributed by atoms with Crippen LogP contribution in [-0.4, -0.2) is 36.2 Å². The second-order valence-electron chi connectivity index (χ2n) is 5.53. The van der Waals surface area contributed by atoms with Gasteiger partial charge < -0.3 is 0 Å². The van der Waals surface area contributed by atoms with Crippen LogP contribution in [0.15, 0.2) is 59.5 Å². The number of hydrogen-bond donors (Lipinski definition) is 1. The van der Waals surface area contributed by atoms with Crippen molar-refractivity contribution in [2.24, 2.45) is 0 Å². The molecule has 6 nitrogen and oxygen atoms in total. The third-order valence-electron chi connectivity index (χ3n) is 3.70. The molecule has 0 spiro atoms. The zero-order chi connectivity index (χ0) is 18.5. The van der Waals surface area contributed by atoms with Crippen LogP contribution in [0.4, 0.5) is 5.69 Å². The number of nitrogens with zero attached hydrogens (tertiary/aromatic N) is 1. The summed E-state index contributed by atoms with van der Waals surface area (Å²) in [6, 6.07) is 15.2. The van der Waals surface area contributed by atoms with Gasteiger partial charge >= 0.3 is 0 Å². The fourth-order valence-electron chi connectivity index (χ4n) is 2.48. The van der Waals surface area contributed by atoms with Gasteiger partial charge in [-0.1, -0.05) is 43.3 Å². The first-order chi connectivity index (χ1) is 11.8. The van der Waals surface area contributed by atoms with Crippen LogP contribution in [-0.2, 0) is 26.5 Å². The van der Waals surface area contributed by atoms with Gasteiger partial charge in [0.25, 0.3) is 0 Å². The van der Waals surface area contributed by atoms with Gasteiger partial charge in [-0.3, -0.25) is 4.31 Å². The van der Waals surface area contributed by atoms with Gasteiger partial charge in [-0.15, -0.1) is 0 Å². The van der Waals surface area contributed by atoms with Gasteiger partial charge in [0.1, 0.15) is 0 Å². The quantitative estimate of drug-likeness (QED) is 0.757. The molecule has 2 rings (SSSR count). The van der Waals surface area contributed by atoms with Crippen molar-refractivity contribution in [2.45, 2.75) is 18.2 Å². The predicted octanol–water partition coefficient (Wildman–Crippen LogP) is 1.99. The minimum Gasteiger partial charge on any atom is -0.269 e. The summed E-state index contributed by atoms with van der Waals surface area (Å²) >= 11 is 0. The average Bonchev–Trinajstić information content (AvgIpc) is 2.58. The lowest BCUT2D eigenvalue weighted by Crippen LogP contribution is -2.38. The minimum absolute atomic E-state index is 0.0158. The lowest BCUT2D eigenvalue weighted by Gasteiger charge is -2.24. The zero-order valence-corrected chi connectivity index (χ0v) is 15.8. The molecule has 8 heteroatoms. The number of benzene rings is 2. The first kappa shape index (κ1) is 19.4. The molecular weight excluding hydrogens is 360 g/mol. The molecule has 0 aliphatic heterocycles. The van der Waals surface area contributed by atoms with Crippen molar-refractivity contribution in [3.63, 3.8) is 0 Å². The summed E-state index contributed by atoms with van der Waals surface area (Å²) in [7, 11) is -7.21. The van der Waals surface area contributed by atoms with E-state index in [1.165, 1.54) is 16.4 Å². The summed E-state index contributed by atoms with van der Waals surface area (Å²) in [5.74, 6) is 0. The molecular formula is C17H22N2O4S2. The van der Waals surface area contributed by atoms with Crippen LogP contribution in [0.1, 0.15) is 12.5 Å². The number of rotatable bonds is 8. The number of nitrogens with one attached hydrogen (secondary N) is 1. The van der Waals surface area contributed by atoms with Crippen molar-refractivity contribution in [1.82, 2.24) is 4.72 Å². The second-order valence-corrected chi connectivity index (χ2v) is 9.20. The van der Waals surface area contributed by atoms with E-state index in [1.807, 2.05) is 19.1 Å². The molecule has 0 fully saturated rings. The lowest BCUT2D eigenvalue weighted by molar-refractivity contribution is 0.578. The van der Waals surface area contributed by atoms with Crippen LogP contribution in [0.3, 0.4) is 0 Å². The fourth-order valence-corrected chi connectivity index (χ4v) is 4.48. The Bertz CT molecular complexity index is 911. The van der Waals surface area contributed by atoms with E-state index in [1.54, 1.807) is 30.3 Å². The smallest absolute Gasteiger partial charge is 0.240 e. The molecule has 2 aromatic rings. The van der Waals surface area contributed by atoms with E-state index in [9.17, 15) is 16.8 Å². The molecule has 0 radical (unpaired) electrons. The first-order valence-electron chi connectivity index (χ1n) is 7.86. The summed E-state index contributed by atoms with van der Waals surface area (Å²) < 4.78 is 52.5. The largest absolute Gasteiger partial charge is 0.269 e. The summed E-state index contributed by atoms with van der Waals surface area (Å²) in [4.78, 5) is 0.148. The fraction of sp³-hybridized carbons (Fsp3) is 0.294. The Kier molecular flexibility index (Phi) is 6.21. The third-order valence-corrected chi connectivity index (χ3v) is 6.36. The van der Waals surface area contributed by atoms with Gasteiger partial charge in [-0.25, -0.2) is 21.6 Å². The molecule has 0 atom stereocenters. The summed E-state index contributed by atoms with van der Waals surface area (Å²) in [5.41, 5.74) is 1.46. The summed E-state index contributed by atoms with van der Waals surface area (Å²) in [5, 5.41) is 0. The van der Waals surface area contributed by atoms with Crippen molar-refractivity contribution < 1.29 is 16.8 Å². The minimum atomic E-state index is -3.67. The van der Waals surface area contributed by atoms with Crippen LogP contribution in [0, 0.1) is 0 Å². The van der Waals surface area contributed by atoms with Gasteiger partial charge in [0.05, 0.1) is 16.8 Å². The first-order valence-corrected chi connectivity index (χ1v) is 11.2. The Hall–Kier alpha value is -1.90. The average molecular weight is 383 g/mol. The number of sulfonamides is 2. The molecule has 0 aliphatic rings. The van der Waals surface area contributed by atoms with E-state index in [0.717, 1.165) is 11.8 Å². The van der Waals surface area contributed by atoms with Crippen LogP contribution >= 0.6 is 0 Å². The van der Waals surface area contributed by atoms with Crippen molar-refractivity contribution in [2.75, 3.05) is 23.7 Å². The molecule has 0 aromatic heterocycles. The maximum absolute atomic E-state index is 12.2. The molecule has 1 N–H and O–H groups in total. The summed E-state index contributed by atoms with van der Waals surface area (Å²) in [6.07, 6.45) is 1.79. The van der Waals surface area contributed by atoms with E-state index < -0.39 is 20.0 Å². The van der Waals surface area contributed by atoms with E-state index >= 15 is 0 Å². The number of aryl methyl sites for hydroxylation is 1. The van der Waals surface area contributed by atoms with Crippen molar-refractivity contribution >= 4 is 25.7 Å². The van der Waals surface area contributed by atoms with Gasteiger partial charge in [0, 0.05) is 13.1 Å². The maximum atomic E-state index is 12.2. The van der Waals surface area contributed by atoms with E-state index in [2.05, 4.69) is 4.72 Å². The zero-order valence-electron chi connectivity index (χ0n) is 14.2. The van der Waals surface area contributed by atoms with Gasteiger partial charge in [0.2, 0.25) is 20.0 Å². The molecule has 0 aliphatic carbocycles. The highest BCUT2D eigenvalue weighted by atomic mass is 32.2. The molecule has 0 saturated carbocycles. The highest BCUT2D eigenvalue weighted by Gasteiger charge is 2.21. The Morgan fingerprint density at radius 2 is 1.52 bits per heavy atom. The normalized spacial score (nSPS) is 12.1. The molecule has 0 bridgehead atoms. The van der Waals surface area contributed by atoms with Crippen molar-refractivity contribution in [1.29, 1.82) is 0 Å². The number of para-hydroxylation sites is 1. The van der Waals surface area contributed by atoms with Crippen molar-refractivity contribution in [3.8, 4) is 0 Å². The van der Waals surface area contributed by atoms with Crippen LogP contribution in [0.25, 0.3) is 0 Å². The third kappa shape index (κ3) is 5.04. The van der Waals surface area contributed by atoms with Crippen LogP contribution in [0.5, 0.6) is 0 Å². The van der Waals surface area contributed by atoms with Crippen LogP contribution < -0.4 is 9.03 Å². The molecule has 0 saturated heterocycles. The summed E-state index contributed by atoms with van der Waals surface area (Å²) in [6.45, 7) is 1.93. The number of anilines is 1. The molecule has 2 aromatic carbocycles. The van der Waals surface area contributed by atoms with Crippen molar-refractivity contribution in [3.05, 3.63) is 60.2 Å². The Labute approximate surface area is 149 Å². The van der Waals surface area contributed by atoms with Gasteiger partial charge in [-0.05, 0) is 30.2 Å². The topological polar surface area (TPSA) is 83.6 Å². The number of hydrogen-bond acceptors (Lipinski definition) is 4. The molecule has 25 heavy (non-hydrogen) atoms. The Balaban J connectivity index is 2.17. The maximum Gasteiger partial charge on any atom is 0.240 e. The lowest BCUT2D eigenvalue weighted by atomic mass is 10.1. The Morgan fingerprint density at radius 3 is 2.12 bits per heavy atom. The van der Waals surface area contributed by atoms with E-state index in [-0.39, 0.29) is 18.0 Å². The molecule has 0 unspecified atom stereocenters. The predicted molar refractivity (Wildman–Crippen MR) is 99.6 cm³/mol. The standard InChI is InChI=1S/C17H22N2O4S2/c1-3-15-9-7-8-12-17(15)19(24(2,20)21)14-13-18-25(22,23)16-10-5-4-6-11-16/h4-12,18H,3,13-14H2,1-2H3. The van der Waals surface area contributed by atoms with Gasteiger partial charge in [-0.2, -0.15) is 0 Å². The van der Waals surface area contributed by atoms with Gasteiger partial charge in [0.15, 0.2) is 0 Å².